The Hall–Kier alpha value is -2.89. The molecule has 1 saturated carbocycles. The molecule has 1 aliphatic rings. The molecule has 2 atom stereocenters. The van der Waals surface area contributed by atoms with E-state index < -0.39 is 0 Å². The Bertz CT molecular complexity index is 1070. The molecule has 3 aromatic rings. The number of furan rings is 1. The van der Waals surface area contributed by atoms with Crippen molar-refractivity contribution in [2.45, 2.75) is 39.3 Å². The lowest BCUT2D eigenvalue weighted by Gasteiger charge is -2.16. The number of benzene rings is 1. The highest BCUT2D eigenvalue weighted by Crippen LogP contribution is 2.47. The second kappa shape index (κ2) is 6.68. The molecule has 1 amide bonds. The van der Waals surface area contributed by atoms with Gasteiger partial charge in [-0.1, -0.05) is 19.1 Å². The Balaban J connectivity index is 1.47. The first-order chi connectivity index (χ1) is 12.9. The van der Waals surface area contributed by atoms with Crippen LogP contribution in [-0.2, 0) is 17.9 Å². The molecule has 6 heteroatoms. The molecular weight excluding hydrogens is 342 g/mol. The number of hydrogen-bond donors (Lipinski definition) is 0. The van der Waals surface area contributed by atoms with E-state index in [4.69, 9.17) is 4.42 Å². The van der Waals surface area contributed by atoms with Gasteiger partial charge in [0.05, 0.1) is 23.8 Å². The van der Waals surface area contributed by atoms with Gasteiger partial charge >= 0.3 is 0 Å². The molecule has 0 spiro atoms. The lowest BCUT2D eigenvalue weighted by molar-refractivity contribution is -0.131. The van der Waals surface area contributed by atoms with Crippen LogP contribution in [0.4, 0.5) is 0 Å². The van der Waals surface area contributed by atoms with E-state index in [9.17, 15) is 9.59 Å². The van der Waals surface area contributed by atoms with Crippen molar-refractivity contribution in [3.63, 3.8) is 0 Å². The Kier molecular flexibility index (Phi) is 4.34. The maximum Gasteiger partial charge on any atom is 0.261 e. The van der Waals surface area contributed by atoms with Gasteiger partial charge in [0.2, 0.25) is 5.91 Å². The predicted molar refractivity (Wildman–Crippen MR) is 102 cm³/mol. The maximum atomic E-state index is 12.6. The molecule has 6 nitrogen and oxygen atoms in total. The van der Waals surface area contributed by atoms with Crippen LogP contribution in [0.25, 0.3) is 10.9 Å². The summed E-state index contributed by atoms with van der Waals surface area (Å²) in [5.41, 5.74) is 1.42. The van der Waals surface area contributed by atoms with E-state index in [2.05, 4.69) is 11.9 Å². The minimum Gasteiger partial charge on any atom is -0.464 e. The van der Waals surface area contributed by atoms with Gasteiger partial charge in [0, 0.05) is 13.0 Å². The molecule has 1 aliphatic carbocycles. The molecule has 0 aliphatic heterocycles. The summed E-state index contributed by atoms with van der Waals surface area (Å²) in [6.45, 7) is 4.46. The predicted octanol–water partition coefficient (Wildman–Crippen LogP) is 3.08. The van der Waals surface area contributed by atoms with Gasteiger partial charge in [0.1, 0.15) is 18.1 Å². The monoisotopic (exact) mass is 365 g/mol. The van der Waals surface area contributed by atoms with Crippen molar-refractivity contribution in [2.24, 2.45) is 5.92 Å². The molecular formula is C21H23N3O3. The van der Waals surface area contributed by atoms with Crippen molar-refractivity contribution in [3.05, 3.63) is 64.1 Å². The number of aromatic nitrogens is 2. The second-order valence-corrected chi connectivity index (χ2v) is 7.52. The normalized spacial score (nSPS) is 18.6. The topological polar surface area (TPSA) is 68.3 Å². The number of rotatable bonds is 5. The largest absolute Gasteiger partial charge is 0.464 e. The molecule has 2 heterocycles. The molecule has 0 bridgehead atoms. The van der Waals surface area contributed by atoms with Crippen molar-refractivity contribution in [1.29, 1.82) is 0 Å². The van der Waals surface area contributed by atoms with Crippen LogP contribution in [0.3, 0.4) is 0 Å². The summed E-state index contributed by atoms with van der Waals surface area (Å²) in [5, 5.41) is 0.530. The van der Waals surface area contributed by atoms with Crippen LogP contribution < -0.4 is 5.56 Å². The summed E-state index contributed by atoms with van der Waals surface area (Å²) < 4.78 is 7.23. The summed E-state index contributed by atoms with van der Waals surface area (Å²) >= 11 is 0. The highest BCUT2D eigenvalue weighted by Gasteiger charge is 2.36. The summed E-state index contributed by atoms with van der Waals surface area (Å²) in [6.07, 6.45) is 2.61. The number of nitrogens with zero attached hydrogens (tertiary/aromatic N) is 3. The fourth-order valence-corrected chi connectivity index (χ4v) is 3.44. The zero-order valence-corrected chi connectivity index (χ0v) is 15.8. The van der Waals surface area contributed by atoms with Gasteiger partial charge in [-0.3, -0.25) is 14.2 Å². The highest BCUT2D eigenvalue weighted by atomic mass is 16.3. The lowest BCUT2D eigenvalue weighted by Crippen LogP contribution is -2.33. The zero-order valence-electron chi connectivity index (χ0n) is 15.8. The van der Waals surface area contributed by atoms with Crippen LogP contribution >= 0.6 is 0 Å². The van der Waals surface area contributed by atoms with Crippen LogP contribution in [0.2, 0.25) is 0 Å². The van der Waals surface area contributed by atoms with Crippen molar-refractivity contribution in [3.8, 4) is 0 Å². The van der Waals surface area contributed by atoms with E-state index in [1.807, 2.05) is 31.2 Å². The average molecular weight is 365 g/mol. The van der Waals surface area contributed by atoms with Gasteiger partial charge in [0.25, 0.3) is 5.56 Å². The minimum atomic E-state index is -0.201. The van der Waals surface area contributed by atoms with Gasteiger partial charge in [-0.15, -0.1) is 0 Å². The first kappa shape index (κ1) is 17.5. The highest BCUT2D eigenvalue weighted by molar-refractivity contribution is 5.81. The maximum absolute atomic E-state index is 12.6. The Morgan fingerprint density at radius 1 is 1.33 bits per heavy atom. The molecule has 1 aromatic carbocycles. The van der Waals surface area contributed by atoms with Gasteiger partial charge < -0.3 is 9.32 Å². The number of carbonyl (C=O) groups is 1. The molecule has 1 fully saturated rings. The first-order valence-electron chi connectivity index (χ1n) is 9.21. The van der Waals surface area contributed by atoms with Gasteiger partial charge in [-0.25, -0.2) is 4.98 Å². The second-order valence-electron chi connectivity index (χ2n) is 7.52. The quantitative estimate of drug-likeness (QED) is 0.697. The number of likely N-dealkylation sites (N-methyl/N-ethyl adjacent to an activating group) is 1. The van der Waals surface area contributed by atoms with E-state index in [0.29, 0.717) is 29.3 Å². The summed E-state index contributed by atoms with van der Waals surface area (Å²) in [6, 6.07) is 9.41. The molecule has 0 unspecified atom stereocenters. The third-order valence-corrected chi connectivity index (χ3v) is 5.34. The number of aryl methyl sites for hydroxylation is 1. The molecule has 2 aromatic heterocycles. The first-order valence-corrected chi connectivity index (χ1v) is 9.21. The van der Waals surface area contributed by atoms with E-state index in [-0.39, 0.29) is 18.0 Å². The summed E-state index contributed by atoms with van der Waals surface area (Å²) in [7, 11) is 1.72. The van der Waals surface area contributed by atoms with Crippen LogP contribution in [0.5, 0.6) is 0 Å². The van der Waals surface area contributed by atoms with Crippen LogP contribution in [0.1, 0.15) is 36.3 Å². The molecule has 4 rings (SSSR count). The molecule has 0 N–H and O–H groups in total. The molecule has 27 heavy (non-hydrogen) atoms. The lowest BCUT2D eigenvalue weighted by atomic mass is 10.1. The number of carbonyl (C=O) groups excluding carboxylic acids is 1. The van der Waals surface area contributed by atoms with Crippen LogP contribution in [0.15, 0.2) is 45.9 Å². The molecule has 140 valence electrons. The third-order valence-electron chi connectivity index (χ3n) is 5.34. The number of para-hydroxylation sites is 1. The third kappa shape index (κ3) is 3.39. The summed E-state index contributed by atoms with van der Waals surface area (Å²) in [5.74, 6) is 2.80. The van der Waals surface area contributed by atoms with E-state index in [1.54, 1.807) is 18.0 Å². The number of fused-ring (bicyclic) bond motifs is 1. The zero-order chi connectivity index (χ0) is 19.1. The number of hydrogen-bond acceptors (Lipinski definition) is 4. The van der Waals surface area contributed by atoms with Crippen molar-refractivity contribution in [2.75, 3.05) is 7.05 Å². The Morgan fingerprint density at radius 2 is 2.11 bits per heavy atom. The molecule has 0 radical (unpaired) electrons. The molecule has 0 saturated heterocycles. The Morgan fingerprint density at radius 3 is 2.85 bits per heavy atom. The SMILES string of the molecule is Cc1cccc2c(=O)n(CC(=O)N(C)Cc3ccc([C@H]4C[C@@H]4C)o3)cnc12. The average Bonchev–Trinajstić information content (AvgIpc) is 3.19. The van der Waals surface area contributed by atoms with Crippen molar-refractivity contribution in [1.82, 2.24) is 14.5 Å². The van der Waals surface area contributed by atoms with Gasteiger partial charge in [-0.05, 0) is 43.0 Å². The van der Waals surface area contributed by atoms with E-state index in [1.165, 1.54) is 17.3 Å². The summed E-state index contributed by atoms with van der Waals surface area (Å²) in [4.78, 5) is 31.1. The fraction of sp³-hybridized carbons (Fsp3) is 0.381. The minimum absolute atomic E-state index is 0.0422. The van der Waals surface area contributed by atoms with Crippen LogP contribution in [0, 0.1) is 12.8 Å². The van der Waals surface area contributed by atoms with Gasteiger partial charge in [0.15, 0.2) is 0 Å². The Labute approximate surface area is 157 Å². The van der Waals surface area contributed by atoms with E-state index in [0.717, 1.165) is 17.1 Å². The number of amides is 1. The van der Waals surface area contributed by atoms with Gasteiger partial charge in [-0.2, -0.15) is 0 Å². The van der Waals surface area contributed by atoms with Crippen LogP contribution in [-0.4, -0.2) is 27.4 Å². The van der Waals surface area contributed by atoms with Crippen molar-refractivity contribution < 1.29 is 9.21 Å². The smallest absolute Gasteiger partial charge is 0.261 e. The van der Waals surface area contributed by atoms with Crippen molar-refractivity contribution >= 4 is 16.8 Å². The fourth-order valence-electron chi connectivity index (χ4n) is 3.44. The standard InChI is InChI=1S/C21H23N3O3/c1-13-5-4-6-16-20(13)22-12-24(21(16)26)11-19(25)23(3)10-15-7-8-18(27-15)17-9-14(17)2/h4-8,12,14,17H,9-11H2,1-3H3/t14-,17-/m0/s1. The van der Waals surface area contributed by atoms with E-state index >= 15 is 0 Å².